The molecule has 1 saturated carbocycles. The average molecular weight is 484 g/mol. The fraction of sp³-hybridized carbons (Fsp3) is 0.667. The minimum absolute atomic E-state index is 0.0180. The number of benzene rings is 1. The van der Waals surface area contributed by atoms with Gasteiger partial charge in [0, 0.05) is 13.1 Å². The summed E-state index contributed by atoms with van der Waals surface area (Å²) >= 11 is 0. The molecule has 7 nitrogen and oxygen atoms in total. The van der Waals surface area contributed by atoms with Gasteiger partial charge in [-0.15, -0.1) is 0 Å². The lowest BCUT2D eigenvalue weighted by molar-refractivity contribution is -0.169. The van der Waals surface area contributed by atoms with Crippen LogP contribution in [0.15, 0.2) is 29.2 Å². The quantitative estimate of drug-likeness (QED) is 0.549. The first kappa shape index (κ1) is 25.6. The Bertz CT molecular complexity index is 925. The highest BCUT2D eigenvalue weighted by Gasteiger charge is 2.35. The van der Waals surface area contributed by atoms with Gasteiger partial charge in [-0.1, -0.05) is 27.2 Å². The van der Waals surface area contributed by atoms with E-state index in [-0.39, 0.29) is 24.1 Å². The van der Waals surface area contributed by atoms with Gasteiger partial charge in [-0.2, -0.15) is 4.31 Å². The predicted molar refractivity (Wildman–Crippen MR) is 120 cm³/mol. The molecule has 3 unspecified atom stereocenters. The number of hydrogen-bond donors (Lipinski definition) is 0. The number of carbonyl (C=O) groups excluding carboxylic acids is 2. The molecule has 1 aliphatic heterocycles. The number of rotatable bonds is 7. The molecule has 184 valence electrons. The molecular weight excluding hydrogens is 449 g/mol. The van der Waals surface area contributed by atoms with Crippen molar-refractivity contribution in [1.29, 1.82) is 0 Å². The van der Waals surface area contributed by atoms with Crippen molar-refractivity contribution in [2.45, 2.75) is 63.9 Å². The molecule has 0 N–H and O–H groups in total. The Kier molecular flexibility index (Phi) is 8.50. The van der Waals surface area contributed by atoms with Gasteiger partial charge in [0.05, 0.1) is 10.8 Å². The Balaban J connectivity index is 1.46. The molecule has 2 aliphatic rings. The second-order valence-electron chi connectivity index (χ2n) is 9.59. The minimum atomic E-state index is -3.75. The van der Waals surface area contributed by atoms with E-state index in [4.69, 9.17) is 9.47 Å². The fourth-order valence-corrected chi connectivity index (χ4v) is 6.26. The van der Waals surface area contributed by atoms with Crippen LogP contribution < -0.4 is 0 Å². The standard InChI is InChI=1S/C24H34FNO6S/c1-16(2)21-9-4-17(3)14-22(21)32-23(27)15-31-24(28)18-10-12-26(13-11-18)33(29,30)20-7-5-19(25)6-8-20/h5-8,16-18,21-22H,4,9-15H2,1-3H3. The highest BCUT2D eigenvalue weighted by molar-refractivity contribution is 7.89. The molecule has 1 saturated heterocycles. The second-order valence-corrected chi connectivity index (χ2v) is 11.5. The molecule has 0 aromatic heterocycles. The lowest BCUT2D eigenvalue weighted by atomic mass is 9.75. The fourth-order valence-electron chi connectivity index (χ4n) is 4.79. The van der Waals surface area contributed by atoms with Gasteiger partial charge in [-0.3, -0.25) is 4.79 Å². The minimum Gasteiger partial charge on any atom is -0.460 e. The van der Waals surface area contributed by atoms with Crippen molar-refractivity contribution in [2.75, 3.05) is 19.7 Å². The topological polar surface area (TPSA) is 90.0 Å². The van der Waals surface area contributed by atoms with Crippen molar-refractivity contribution in [3.63, 3.8) is 0 Å². The van der Waals surface area contributed by atoms with Crippen molar-refractivity contribution >= 4 is 22.0 Å². The van der Waals surface area contributed by atoms with Gasteiger partial charge in [0.15, 0.2) is 6.61 Å². The molecule has 2 fully saturated rings. The molecule has 0 amide bonds. The highest BCUT2D eigenvalue weighted by atomic mass is 32.2. The van der Waals surface area contributed by atoms with Gasteiger partial charge in [0.2, 0.25) is 10.0 Å². The van der Waals surface area contributed by atoms with E-state index in [9.17, 15) is 22.4 Å². The first-order chi connectivity index (χ1) is 15.6. The summed E-state index contributed by atoms with van der Waals surface area (Å²) in [6, 6.07) is 4.67. The largest absolute Gasteiger partial charge is 0.460 e. The summed E-state index contributed by atoms with van der Waals surface area (Å²) in [6.07, 6.45) is 3.41. The summed E-state index contributed by atoms with van der Waals surface area (Å²) in [5.74, 6) is -0.811. The van der Waals surface area contributed by atoms with Crippen LogP contribution >= 0.6 is 0 Å². The number of hydrogen-bond acceptors (Lipinski definition) is 6. The third-order valence-corrected chi connectivity index (χ3v) is 8.73. The summed E-state index contributed by atoms with van der Waals surface area (Å²) < 4.78 is 50.7. The lowest BCUT2D eigenvalue weighted by Gasteiger charge is -2.36. The molecule has 1 aromatic rings. The van der Waals surface area contributed by atoms with E-state index >= 15 is 0 Å². The molecule has 3 atom stereocenters. The zero-order valence-electron chi connectivity index (χ0n) is 19.5. The molecule has 0 radical (unpaired) electrons. The molecule has 33 heavy (non-hydrogen) atoms. The van der Waals surface area contributed by atoms with Gasteiger partial charge in [-0.05, 0) is 67.7 Å². The van der Waals surface area contributed by atoms with E-state index < -0.39 is 40.3 Å². The van der Waals surface area contributed by atoms with E-state index in [1.807, 2.05) is 0 Å². The molecule has 0 spiro atoms. The molecule has 3 rings (SSSR count). The van der Waals surface area contributed by atoms with Crippen molar-refractivity contribution in [2.24, 2.45) is 23.7 Å². The number of sulfonamides is 1. The van der Waals surface area contributed by atoms with E-state index in [2.05, 4.69) is 20.8 Å². The van der Waals surface area contributed by atoms with E-state index in [0.29, 0.717) is 30.6 Å². The molecule has 0 bridgehead atoms. The number of esters is 2. The Morgan fingerprint density at radius 2 is 1.73 bits per heavy atom. The van der Waals surface area contributed by atoms with E-state index in [1.54, 1.807) is 0 Å². The van der Waals surface area contributed by atoms with Gasteiger partial charge in [0.1, 0.15) is 11.9 Å². The van der Waals surface area contributed by atoms with Crippen LogP contribution in [-0.4, -0.2) is 50.5 Å². The summed E-state index contributed by atoms with van der Waals surface area (Å²) in [5.41, 5.74) is 0. The van der Waals surface area contributed by atoms with Gasteiger partial charge in [0.25, 0.3) is 0 Å². The summed E-state index contributed by atoms with van der Waals surface area (Å²) in [4.78, 5) is 24.8. The van der Waals surface area contributed by atoms with Crippen LogP contribution in [0.25, 0.3) is 0 Å². The van der Waals surface area contributed by atoms with Crippen LogP contribution in [0.4, 0.5) is 4.39 Å². The molecule has 1 aromatic carbocycles. The number of nitrogens with zero attached hydrogens (tertiary/aromatic N) is 1. The summed E-state index contributed by atoms with van der Waals surface area (Å²) in [5, 5.41) is 0. The molecule has 1 heterocycles. The summed E-state index contributed by atoms with van der Waals surface area (Å²) in [7, 11) is -3.75. The van der Waals surface area contributed by atoms with Gasteiger partial charge < -0.3 is 9.47 Å². The smallest absolute Gasteiger partial charge is 0.344 e. The lowest BCUT2D eigenvalue weighted by Crippen LogP contribution is -2.41. The van der Waals surface area contributed by atoms with Crippen molar-refractivity contribution < 1.29 is 31.9 Å². The zero-order chi connectivity index (χ0) is 24.2. The molecule has 1 aliphatic carbocycles. The predicted octanol–water partition coefficient (Wildman–Crippen LogP) is 3.77. The maximum atomic E-state index is 13.1. The first-order valence-corrected chi connectivity index (χ1v) is 13.1. The highest BCUT2D eigenvalue weighted by Crippen LogP contribution is 2.35. The van der Waals surface area contributed by atoms with E-state index in [1.165, 1.54) is 16.4 Å². The SMILES string of the molecule is CC1CCC(C(C)C)C(OC(=O)COC(=O)C2CCN(S(=O)(=O)c3ccc(F)cc3)CC2)C1. The number of piperidine rings is 1. The maximum absolute atomic E-state index is 13.1. The summed E-state index contributed by atoms with van der Waals surface area (Å²) in [6.45, 7) is 6.29. The molecular formula is C24H34FNO6S. The maximum Gasteiger partial charge on any atom is 0.344 e. The van der Waals surface area contributed by atoms with Crippen molar-refractivity contribution in [3.05, 3.63) is 30.1 Å². The Labute approximate surface area is 195 Å². The van der Waals surface area contributed by atoms with Crippen LogP contribution in [0.1, 0.15) is 52.9 Å². The number of halogens is 1. The average Bonchev–Trinajstić information content (AvgIpc) is 2.77. The van der Waals surface area contributed by atoms with Crippen LogP contribution in [0.3, 0.4) is 0 Å². The molecule has 9 heteroatoms. The number of carbonyl (C=O) groups is 2. The van der Waals surface area contributed by atoms with E-state index in [0.717, 1.165) is 31.4 Å². The van der Waals surface area contributed by atoms with Crippen molar-refractivity contribution in [1.82, 2.24) is 4.31 Å². The van der Waals surface area contributed by atoms with Crippen LogP contribution in [-0.2, 0) is 29.1 Å². The monoisotopic (exact) mass is 483 g/mol. The van der Waals surface area contributed by atoms with Crippen LogP contribution in [0, 0.1) is 29.5 Å². The van der Waals surface area contributed by atoms with Crippen LogP contribution in [0.5, 0.6) is 0 Å². The number of ether oxygens (including phenoxy) is 2. The Morgan fingerprint density at radius 3 is 2.33 bits per heavy atom. The Morgan fingerprint density at radius 1 is 1.09 bits per heavy atom. The Hall–Kier alpha value is -2.00. The third-order valence-electron chi connectivity index (χ3n) is 6.82. The first-order valence-electron chi connectivity index (χ1n) is 11.7. The van der Waals surface area contributed by atoms with Gasteiger partial charge >= 0.3 is 11.9 Å². The third kappa shape index (κ3) is 6.53. The van der Waals surface area contributed by atoms with Crippen molar-refractivity contribution in [3.8, 4) is 0 Å². The second kappa shape index (κ2) is 11.0. The zero-order valence-corrected chi connectivity index (χ0v) is 20.4. The van der Waals surface area contributed by atoms with Gasteiger partial charge in [-0.25, -0.2) is 17.6 Å². The van der Waals surface area contributed by atoms with Crippen LogP contribution in [0.2, 0.25) is 0 Å². The normalized spacial score (nSPS) is 25.1.